The van der Waals surface area contributed by atoms with Crippen LogP contribution in [0.4, 0.5) is 11.6 Å². The number of rotatable bonds is 9. The van der Waals surface area contributed by atoms with Crippen molar-refractivity contribution in [1.29, 1.82) is 0 Å². The molecule has 0 atom stereocenters. The van der Waals surface area contributed by atoms with Crippen LogP contribution < -0.4 is 19.4 Å². The fourth-order valence-electron chi connectivity index (χ4n) is 4.84. The molecule has 6 aromatic rings. The highest BCUT2D eigenvalue weighted by atomic mass is 15.6. The summed E-state index contributed by atoms with van der Waals surface area (Å²) in [5, 5.41) is 4.36. The molecule has 0 bridgehead atoms. The average molecular weight is 523 g/mol. The van der Waals surface area contributed by atoms with Gasteiger partial charge >= 0.3 is 0 Å². The maximum Gasteiger partial charge on any atom is 0.200 e. The van der Waals surface area contributed by atoms with Crippen molar-refractivity contribution in [3.05, 3.63) is 170 Å². The molecule has 0 amide bonds. The first-order chi connectivity index (χ1) is 19.9. The molecule has 0 saturated heterocycles. The first-order valence-corrected chi connectivity index (χ1v) is 13.3. The third-order valence-corrected chi connectivity index (χ3v) is 6.75. The number of anilines is 2. The van der Waals surface area contributed by atoms with Crippen LogP contribution in [-0.4, -0.2) is 9.97 Å². The number of aromatic nitrogens is 4. The summed E-state index contributed by atoms with van der Waals surface area (Å²) in [4.78, 5) is 9.33. The average Bonchev–Trinajstić information content (AvgIpc) is 3.04. The smallest absolute Gasteiger partial charge is 0.200 e. The van der Waals surface area contributed by atoms with Crippen molar-refractivity contribution in [3.8, 4) is 11.1 Å². The van der Waals surface area contributed by atoms with Gasteiger partial charge in [0.2, 0.25) is 0 Å². The second-order valence-electron chi connectivity index (χ2n) is 9.32. The summed E-state index contributed by atoms with van der Waals surface area (Å²) >= 11 is 0. The van der Waals surface area contributed by atoms with Gasteiger partial charge in [0.15, 0.2) is 36.4 Å². The fourth-order valence-corrected chi connectivity index (χ4v) is 4.84. The Morgan fingerprint density at radius 1 is 0.425 bits per heavy atom. The summed E-state index contributed by atoms with van der Waals surface area (Å²) < 4.78 is 4.17. The molecule has 0 spiro atoms. The van der Waals surface area contributed by atoms with E-state index in [2.05, 4.69) is 77.9 Å². The Hall–Kier alpha value is -5.36. The molecule has 0 radical (unpaired) electrons. The van der Waals surface area contributed by atoms with Gasteiger partial charge in [-0.1, -0.05) is 82.1 Å². The Morgan fingerprint density at radius 2 is 0.825 bits per heavy atom. The van der Waals surface area contributed by atoms with Gasteiger partial charge in [-0.2, -0.15) is 0 Å². The van der Waals surface area contributed by atoms with E-state index in [4.69, 9.17) is 0 Å². The molecule has 194 valence electrons. The Balaban J connectivity index is 1.40. The van der Waals surface area contributed by atoms with E-state index in [0.29, 0.717) is 13.1 Å². The lowest BCUT2D eigenvalue weighted by Gasteiger charge is -2.21. The molecule has 0 N–H and O–H groups in total. The predicted octanol–water partition coefficient (Wildman–Crippen LogP) is 5.66. The van der Waals surface area contributed by atoms with E-state index in [1.165, 1.54) is 22.3 Å². The normalized spacial score (nSPS) is 10.7. The highest BCUT2D eigenvalue weighted by Gasteiger charge is 2.23. The van der Waals surface area contributed by atoms with E-state index in [9.17, 15) is 0 Å². The van der Waals surface area contributed by atoms with Crippen molar-refractivity contribution in [1.82, 2.24) is 9.97 Å². The second-order valence-corrected chi connectivity index (χ2v) is 9.32. The molecule has 0 aliphatic heterocycles. The molecule has 6 nitrogen and oxygen atoms in total. The minimum absolute atomic E-state index is 0.646. The standard InChI is InChI=1S/C34H30N6/c1-11-23-37(24-12-1)39(33-19-7-9-21-35-33)27-29-15-3-5-17-31(29)32-18-6-4-16-30(32)28-40(34-20-8-10-22-36-34)38-25-13-2-14-26-38/h1-26H,27-28H2/q+2. The quantitative estimate of drug-likeness (QED) is 0.230. The summed E-state index contributed by atoms with van der Waals surface area (Å²) in [6.45, 7) is 1.29. The van der Waals surface area contributed by atoms with Crippen LogP contribution in [0.5, 0.6) is 0 Å². The maximum absolute atomic E-state index is 4.67. The van der Waals surface area contributed by atoms with Crippen molar-refractivity contribution in [3.63, 3.8) is 0 Å². The van der Waals surface area contributed by atoms with Crippen molar-refractivity contribution >= 4 is 11.6 Å². The first kappa shape index (κ1) is 24.9. The van der Waals surface area contributed by atoms with Crippen LogP contribution in [0.15, 0.2) is 159 Å². The van der Waals surface area contributed by atoms with Crippen molar-refractivity contribution < 1.29 is 9.35 Å². The zero-order valence-corrected chi connectivity index (χ0v) is 22.1. The van der Waals surface area contributed by atoms with Crippen molar-refractivity contribution in [2.24, 2.45) is 0 Å². The number of nitrogens with zero attached hydrogens (tertiary/aromatic N) is 6. The Kier molecular flexibility index (Phi) is 7.49. The summed E-state index contributed by atoms with van der Waals surface area (Å²) in [6.07, 6.45) is 11.9. The maximum atomic E-state index is 4.67. The van der Waals surface area contributed by atoms with Gasteiger partial charge in [0.05, 0.1) is 0 Å². The molecule has 4 heterocycles. The zero-order valence-electron chi connectivity index (χ0n) is 22.1. The van der Waals surface area contributed by atoms with Gasteiger partial charge in [-0.3, -0.25) is 0 Å². The first-order valence-electron chi connectivity index (χ1n) is 13.3. The molecule has 0 unspecified atom stereocenters. The van der Waals surface area contributed by atoms with Crippen LogP contribution in [0.1, 0.15) is 11.1 Å². The van der Waals surface area contributed by atoms with Crippen LogP contribution in [0.2, 0.25) is 0 Å². The van der Waals surface area contributed by atoms with Crippen LogP contribution in [0.3, 0.4) is 0 Å². The highest BCUT2D eigenvalue weighted by Crippen LogP contribution is 2.30. The molecular formula is C34H30N6+2. The molecular weight excluding hydrogens is 492 g/mol. The van der Waals surface area contributed by atoms with Crippen molar-refractivity contribution in [2.45, 2.75) is 13.1 Å². The van der Waals surface area contributed by atoms with Gasteiger partial charge in [0, 0.05) is 36.7 Å². The van der Waals surface area contributed by atoms with Crippen LogP contribution >= 0.6 is 0 Å². The number of hydrogen-bond acceptors (Lipinski definition) is 4. The number of benzene rings is 2. The van der Waals surface area contributed by atoms with Gasteiger partial charge in [-0.25, -0.2) is 9.97 Å². The monoisotopic (exact) mass is 522 g/mol. The number of pyridine rings is 4. The summed E-state index contributed by atoms with van der Waals surface area (Å²) in [5.74, 6) is 1.76. The topological polar surface area (TPSA) is 40.0 Å². The minimum atomic E-state index is 0.646. The lowest BCUT2D eigenvalue weighted by molar-refractivity contribution is -0.686. The molecule has 0 saturated carbocycles. The summed E-state index contributed by atoms with van der Waals surface area (Å²) in [6, 6.07) is 41.4. The SMILES string of the molecule is c1cc[n+](N(Cc2ccccc2-c2ccccc2CN(c2ccccn2)[n+]2ccccc2)c2ccccn2)cc1. The van der Waals surface area contributed by atoms with Crippen molar-refractivity contribution in [2.75, 3.05) is 10.0 Å². The molecule has 2 aromatic carbocycles. The van der Waals surface area contributed by atoms with Crippen LogP contribution in [0.25, 0.3) is 11.1 Å². The van der Waals surface area contributed by atoms with Gasteiger partial charge in [-0.05, 0) is 46.5 Å². The Morgan fingerprint density at radius 3 is 1.23 bits per heavy atom. The molecule has 40 heavy (non-hydrogen) atoms. The molecule has 0 aliphatic carbocycles. The zero-order chi connectivity index (χ0) is 27.0. The van der Waals surface area contributed by atoms with E-state index in [-0.39, 0.29) is 0 Å². The molecule has 4 aromatic heterocycles. The number of hydrogen-bond donors (Lipinski definition) is 0. The van der Waals surface area contributed by atoms with E-state index >= 15 is 0 Å². The molecule has 6 rings (SSSR count). The molecule has 6 heteroatoms. The van der Waals surface area contributed by atoms with Crippen LogP contribution in [-0.2, 0) is 13.1 Å². The fraction of sp³-hybridized carbons (Fsp3) is 0.0588. The lowest BCUT2D eigenvalue weighted by Crippen LogP contribution is -2.54. The largest absolute Gasteiger partial charge is 0.234 e. The van der Waals surface area contributed by atoms with Gasteiger partial charge in [0.25, 0.3) is 0 Å². The van der Waals surface area contributed by atoms with Gasteiger partial charge in [-0.15, -0.1) is 10.0 Å². The second kappa shape index (κ2) is 12.0. The third kappa shape index (κ3) is 5.56. The van der Waals surface area contributed by atoms with Crippen LogP contribution in [0, 0.1) is 0 Å². The van der Waals surface area contributed by atoms with E-state index in [1.54, 1.807) is 0 Å². The third-order valence-electron chi connectivity index (χ3n) is 6.75. The minimum Gasteiger partial charge on any atom is -0.234 e. The molecule has 0 fully saturated rings. The van der Waals surface area contributed by atoms with E-state index in [0.717, 1.165) is 11.6 Å². The van der Waals surface area contributed by atoms with Gasteiger partial charge < -0.3 is 0 Å². The lowest BCUT2D eigenvalue weighted by atomic mass is 9.95. The summed E-state index contributed by atoms with van der Waals surface area (Å²) in [5.41, 5.74) is 4.78. The predicted molar refractivity (Wildman–Crippen MR) is 157 cm³/mol. The van der Waals surface area contributed by atoms with E-state index < -0.39 is 0 Å². The Bertz CT molecular complexity index is 1440. The molecule has 0 aliphatic rings. The highest BCUT2D eigenvalue weighted by molar-refractivity contribution is 5.71. The Labute approximate surface area is 234 Å². The summed E-state index contributed by atoms with van der Waals surface area (Å²) in [7, 11) is 0. The van der Waals surface area contributed by atoms with Gasteiger partial charge in [0.1, 0.15) is 13.1 Å². The van der Waals surface area contributed by atoms with E-state index in [1.807, 2.05) is 110 Å².